The lowest BCUT2D eigenvalue weighted by atomic mass is 10.1. The van der Waals surface area contributed by atoms with Crippen LogP contribution >= 0.6 is 0 Å². The minimum Gasteiger partial charge on any atom is -0.371 e. The van der Waals surface area contributed by atoms with Gasteiger partial charge in [0.05, 0.1) is 0 Å². The molecule has 1 aromatic heterocycles. The van der Waals surface area contributed by atoms with E-state index in [2.05, 4.69) is 22.9 Å². The van der Waals surface area contributed by atoms with Crippen LogP contribution in [-0.2, 0) is 6.54 Å². The Balaban J connectivity index is 2.42. The van der Waals surface area contributed by atoms with Crippen molar-refractivity contribution in [3.05, 3.63) is 23.0 Å². The number of nitrogens with zero attached hydrogens (tertiary/aromatic N) is 2. The summed E-state index contributed by atoms with van der Waals surface area (Å²) >= 11 is 0. The lowest BCUT2D eigenvalue weighted by Crippen LogP contribution is -2.21. The molecule has 0 aliphatic carbocycles. The van der Waals surface area contributed by atoms with Crippen LogP contribution in [0.5, 0.6) is 0 Å². The number of hydrogen-bond donors (Lipinski definition) is 1. The van der Waals surface area contributed by atoms with Gasteiger partial charge in [0.25, 0.3) is 0 Å². The number of aryl methyl sites for hydroxylation is 2. The van der Waals surface area contributed by atoms with Gasteiger partial charge in [0.2, 0.25) is 0 Å². The Bertz CT molecular complexity index is 354. The number of nitrogens with two attached hydrogens (primary N) is 1. The van der Waals surface area contributed by atoms with Gasteiger partial charge in [-0.3, -0.25) is 4.98 Å². The first kappa shape index (κ1) is 10.4. The average molecular weight is 205 g/mol. The summed E-state index contributed by atoms with van der Waals surface area (Å²) < 4.78 is 0. The highest BCUT2D eigenvalue weighted by molar-refractivity contribution is 5.56. The molecule has 2 rings (SSSR count). The number of pyridine rings is 1. The van der Waals surface area contributed by atoms with Crippen molar-refractivity contribution in [1.82, 2.24) is 4.98 Å². The van der Waals surface area contributed by atoms with Gasteiger partial charge < -0.3 is 10.6 Å². The molecular weight excluding hydrogens is 186 g/mol. The van der Waals surface area contributed by atoms with Gasteiger partial charge in [-0.25, -0.2) is 0 Å². The van der Waals surface area contributed by atoms with Gasteiger partial charge in [0.1, 0.15) is 0 Å². The Labute approximate surface area is 91.3 Å². The van der Waals surface area contributed by atoms with Crippen molar-refractivity contribution in [2.45, 2.75) is 33.2 Å². The fourth-order valence-electron chi connectivity index (χ4n) is 2.33. The van der Waals surface area contributed by atoms with E-state index in [9.17, 15) is 0 Å². The molecule has 0 spiro atoms. The van der Waals surface area contributed by atoms with Crippen LogP contribution in [0.25, 0.3) is 0 Å². The molecule has 3 nitrogen and oxygen atoms in total. The van der Waals surface area contributed by atoms with Crippen LogP contribution in [0.3, 0.4) is 0 Å². The van der Waals surface area contributed by atoms with E-state index in [0.29, 0.717) is 6.54 Å². The Hall–Kier alpha value is -1.09. The maximum atomic E-state index is 5.80. The number of rotatable bonds is 2. The van der Waals surface area contributed by atoms with E-state index in [1.165, 1.54) is 24.1 Å². The molecule has 1 aromatic rings. The molecule has 2 N–H and O–H groups in total. The van der Waals surface area contributed by atoms with Gasteiger partial charge in [0.15, 0.2) is 0 Å². The van der Waals surface area contributed by atoms with E-state index in [1.807, 2.05) is 6.92 Å². The normalized spacial score (nSPS) is 16.1. The van der Waals surface area contributed by atoms with Crippen molar-refractivity contribution in [1.29, 1.82) is 0 Å². The smallest absolute Gasteiger partial charge is 0.0448 e. The largest absolute Gasteiger partial charge is 0.371 e. The molecule has 0 radical (unpaired) electrons. The van der Waals surface area contributed by atoms with Crippen LogP contribution in [0, 0.1) is 13.8 Å². The summed E-state index contributed by atoms with van der Waals surface area (Å²) in [5.41, 5.74) is 10.5. The second-order valence-electron chi connectivity index (χ2n) is 4.25. The van der Waals surface area contributed by atoms with Gasteiger partial charge >= 0.3 is 0 Å². The van der Waals surface area contributed by atoms with E-state index in [0.717, 1.165) is 24.5 Å². The molecule has 82 valence electrons. The zero-order valence-electron chi connectivity index (χ0n) is 9.58. The minimum atomic E-state index is 0.588. The highest BCUT2D eigenvalue weighted by atomic mass is 15.1. The number of hydrogen-bond acceptors (Lipinski definition) is 3. The third-order valence-corrected chi connectivity index (χ3v) is 3.09. The number of anilines is 1. The molecular formula is C12H19N3. The van der Waals surface area contributed by atoms with Crippen LogP contribution in [0.2, 0.25) is 0 Å². The predicted molar refractivity (Wildman–Crippen MR) is 63.0 cm³/mol. The summed E-state index contributed by atoms with van der Waals surface area (Å²) in [4.78, 5) is 6.90. The van der Waals surface area contributed by atoms with Gasteiger partial charge in [-0.05, 0) is 32.8 Å². The second-order valence-corrected chi connectivity index (χ2v) is 4.25. The summed E-state index contributed by atoms with van der Waals surface area (Å²) in [7, 11) is 0. The zero-order valence-corrected chi connectivity index (χ0v) is 9.58. The predicted octanol–water partition coefficient (Wildman–Crippen LogP) is 1.76. The lowest BCUT2D eigenvalue weighted by molar-refractivity contribution is 0.911. The van der Waals surface area contributed by atoms with Gasteiger partial charge in [-0.2, -0.15) is 0 Å². The first-order valence-corrected chi connectivity index (χ1v) is 5.64. The Morgan fingerprint density at radius 2 is 2.00 bits per heavy atom. The molecule has 0 saturated carbocycles. The summed E-state index contributed by atoms with van der Waals surface area (Å²) in [6.45, 7) is 7.01. The summed E-state index contributed by atoms with van der Waals surface area (Å²) in [6, 6.07) is 2.17. The average Bonchev–Trinajstić information content (AvgIpc) is 2.69. The molecule has 1 saturated heterocycles. The van der Waals surface area contributed by atoms with Crippen molar-refractivity contribution in [3.8, 4) is 0 Å². The SMILES string of the molecule is Cc1cc(N2CCCC2)c(CN)c(C)n1. The molecule has 3 heteroatoms. The summed E-state index contributed by atoms with van der Waals surface area (Å²) in [5, 5.41) is 0. The molecule has 15 heavy (non-hydrogen) atoms. The molecule has 0 bridgehead atoms. The minimum absolute atomic E-state index is 0.588. The second kappa shape index (κ2) is 4.19. The molecule has 0 atom stereocenters. The first-order valence-electron chi connectivity index (χ1n) is 5.64. The molecule has 1 fully saturated rings. The molecule has 1 aliphatic heterocycles. The van der Waals surface area contributed by atoms with Crippen molar-refractivity contribution in [2.75, 3.05) is 18.0 Å². The fourth-order valence-corrected chi connectivity index (χ4v) is 2.33. The van der Waals surface area contributed by atoms with E-state index in [4.69, 9.17) is 5.73 Å². The summed E-state index contributed by atoms with van der Waals surface area (Å²) in [5.74, 6) is 0. The van der Waals surface area contributed by atoms with Crippen LogP contribution < -0.4 is 10.6 Å². The summed E-state index contributed by atoms with van der Waals surface area (Å²) in [6.07, 6.45) is 2.59. The van der Waals surface area contributed by atoms with Crippen molar-refractivity contribution >= 4 is 5.69 Å². The van der Waals surface area contributed by atoms with E-state index < -0.39 is 0 Å². The lowest BCUT2D eigenvalue weighted by Gasteiger charge is -2.22. The third kappa shape index (κ3) is 1.97. The maximum Gasteiger partial charge on any atom is 0.0448 e. The van der Waals surface area contributed by atoms with Gasteiger partial charge in [-0.15, -0.1) is 0 Å². The van der Waals surface area contributed by atoms with Crippen LogP contribution in [0.1, 0.15) is 29.8 Å². The standard InChI is InChI=1S/C12H19N3/c1-9-7-12(15-5-3-4-6-15)11(8-13)10(2)14-9/h7H,3-6,8,13H2,1-2H3. The van der Waals surface area contributed by atoms with Crippen LogP contribution in [0.4, 0.5) is 5.69 Å². The van der Waals surface area contributed by atoms with Crippen molar-refractivity contribution < 1.29 is 0 Å². The van der Waals surface area contributed by atoms with Gasteiger partial charge in [0, 0.05) is 42.3 Å². The third-order valence-electron chi connectivity index (χ3n) is 3.09. The van der Waals surface area contributed by atoms with E-state index in [-0.39, 0.29) is 0 Å². The Morgan fingerprint density at radius 3 is 2.60 bits per heavy atom. The Morgan fingerprint density at radius 1 is 1.33 bits per heavy atom. The maximum absolute atomic E-state index is 5.80. The van der Waals surface area contributed by atoms with Gasteiger partial charge in [-0.1, -0.05) is 0 Å². The van der Waals surface area contributed by atoms with E-state index in [1.54, 1.807) is 0 Å². The highest BCUT2D eigenvalue weighted by Crippen LogP contribution is 2.26. The first-order chi connectivity index (χ1) is 7.22. The molecule has 2 heterocycles. The molecule has 0 amide bonds. The van der Waals surface area contributed by atoms with Crippen molar-refractivity contribution in [3.63, 3.8) is 0 Å². The topological polar surface area (TPSA) is 42.1 Å². The fraction of sp³-hybridized carbons (Fsp3) is 0.583. The van der Waals surface area contributed by atoms with Crippen molar-refractivity contribution in [2.24, 2.45) is 5.73 Å². The highest BCUT2D eigenvalue weighted by Gasteiger charge is 2.17. The quantitative estimate of drug-likeness (QED) is 0.800. The number of aromatic nitrogens is 1. The molecule has 1 aliphatic rings. The van der Waals surface area contributed by atoms with E-state index >= 15 is 0 Å². The Kier molecular flexibility index (Phi) is 2.91. The van der Waals surface area contributed by atoms with Crippen LogP contribution in [0.15, 0.2) is 6.07 Å². The monoisotopic (exact) mass is 205 g/mol. The molecule has 0 aromatic carbocycles. The van der Waals surface area contributed by atoms with Crippen LogP contribution in [-0.4, -0.2) is 18.1 Å². The zero-order chi connectivity index (χ0) is 10.8. The molecule has 0 unspecified atom stereocenters.